The van der Waals surface area contributed by atoms with Gasteiger partial charge < -0.3 is 9.05 Å². The molecular formula is C5H11O3P. The summed E-state index contributed by atoms with van der Waals surface area (Å²) in [7, 11) is -2.09. The van der Waals surface area contributed by atoms with Gasteiger partial charge in [-0.1, -0.05) is 6.92 Å². The topological polar surface area (TPSA) is 35.5 Å². The van der Waals surface area contributed by atoms with Crippen LogP contribution in [-0.4, -0.2) is 13.2 Å². The molecule has 0 amide bonds. The smallest absolute Gasteiger partial charge is 0.310 e. The van der Waals surface area contributed by atoms with Gasteiger partial charge in [0.25, 0.3) is 0 Å². The maximum atomic E-state index is 10.5. The molecule has 0 atom stereocenters. The Kier molecular flexibility index (Phi) is 2.70. The van der Waals surface area contributed by atoms with Crippen LogP contribution in [0.15, 0.2) is 0 Å². The second-order valence-electron chi connectivity index (χ2n) is 2.15. The lowest BCUT2D eigenvalue weighted by molar-refractivity contribution is 0.106. The lowest BCUT2D eigenvalue weighted by Crippen LogP contribution is -2.16. The molecule has 1 aliphatic heterocycles. The van der Waals surface area contributed by atoms with E-state index in [0.717, 1.165) is 6.42 Å². The van der Waals surface area contributed by atoms with Crippen molar-refractivity contribution in [3.05, 3.63) is 0 Å². The molecule has 1 fully saturated rings. The highest BCUT2D eigenvalue weighted by Gasteiger charge is 2.15. The van der Waals surface area contributed by atoms with Gasteiger partial charge in [0.05, 0.1) is 13.2 Å². The van der Waals surface area contributed by atoms with Gasteiger partial charge >= 0.3 is 8.25 Å². The summed E-state index contributed by atoms with van der Waals surface area (Å²) in [5.41, 5.74) is 0. The first kappa shape index (κ1) is 7.26. The minimum atomic E-state index is -2.09. The van der Waals surface area contributed by atoms with E-state index >= 15 is 0 Å². The fraction of sp³-hybridized carbons (Fsp3) is 1.00. The molecule has 9 heavy (non-hydrogen) atoms. The maximum absolute atomic E-state index is 10.5. The van der Waals surface area contributed by atoms with E-state index < -0.39 is 8.25 Å². The van der Waals surface area contributed by atoms with Crippen molar-refractivity contribution in [2.45, 2.75) is 13.3 Å². The summed E-state index contributed by atoms with van der Waals surface area (Å²) >= 11 is 0. The molecular weight excluding hydrogens is 139 g/mol. The number of hydrogen-bond acceptors (Lipinski definition) is 3. The van der Waals surface area contributed by atoms with E-state index in [1.165, 1.54) is 0 Å². The van der Waals surface area contributed by atoms with Gasteiger partial charge in [-0.15, -0.1) is 0 Å². The first-order valence-electron chi connectivity index (χ1n) is 3.12. The van der Waals surface area contributed by atoms with E-state index in [0.29, 0.717) is 19.1 Å². The third-order valence-corrected chi connectivity index (χ3v) is 2.26. The zero-order valence-electron chi connectivity index (χ0n) is 5.42. The predicted molar refractivity (Wildman–Crippen MR) is 34.7 cm³/mol. The van der Waals surface area contributed by atoms with Crippen molar-refractivity contribution in [2.24, 2.45) is 5.92 Å². The first-order valence-corrected chi connectivity index (χ1v) is 4.35. The van der Waals surface area contributed by atoms with Crippen LogP contribution < -0.4 is 0 Å². The average molecular weight is 150 g/mol. The van der Waals surface area contributed by atoms with Crippen LogP contribution in [0, 0.1) is 5.92 Å². The van der Waals surface area contributed by atoms with E-state index in [1.807, 2.05) is 0 Å². The molecule has 1 aliphatic rings. The average Bonchev–Trinajstić information content (AvgIpc) is 1.90. The Bertz CT molecular complexity index is 105. The second kappa shape index (κ2) is 3.35. The van der Waals surface area contributed by atoms with E-state index in [2.05, 4.69) is 6.92 Å². The van der Waals surface area contributed by atoms with Crippen molar-refractivity contribution in [1.29, 1.82) is 0 Å². The molecule has 0 aromatic rings. The Hall–Kier alpha value is 0.150. The SMILES string of the molecule is CCC1CO[PH](=O)OC1. The van der Waals surface area contributed by atoms with Gasteiger partial charge in [-0.2, -0.15) is 0 Å². The van der Waals surface area contributed by atoms with E-state index in [-0.39, 0.29) is 0 Å². The number of hydrogen-bond donors (Lipinski definition) is 0. The van der Waals surface area contributed by atoms with Gasteiger partial charge in [0.1, 0.15) is 0 Å². The molecule has 0 aromatic heterocycles. The molecule has 0 unspecified atom stereocenters. The van der Waals surface area contributed by atoms with Crippen molar-refractivity contribution in [3.8, 4) is 0 Å². The molecule has 0 spiro atoms. The predicted octanol–water partition coefficient (Wildman–Crippen LogP) is 1.45. The van der Waals surface area contributed by atoms with Crippen molar-refractivity contribution < 1.29 is 13.6 Å². The molecule has 0 saturated carbocycles. The first-order chi connectivity index (χ1) is 4.33. The largest absolute Gasteiger partial charge is 0.319 e. The summed E-state index contributed by atoms with van der Waals surface area (Å²) in [4.78, 5) is 0. The summed E-state index contributed by atoms with van der Waals surface area (Å²) in [6.45, 7) is 3.28. The van der Waals surface area contributed by atoms with E-state index in [9.17, 15) is 4.57 Å². The van der Waals surface area contributed by atoms with Crippen molar-refractivity contribution >= 4 is 8.25 Å². The Morgan fingerprint density at radius 2 is 2.11 bits per heavy atom. The zero-order chi connectivity index (χ0) is 6.69. The lowest BCUT2D eigenvalue weighted by atomic mass is 10.1. The van der Waals surface area contributed by atoms with Crippen molar-refractivity contribution in [1.82, 2.24) is 0 Å². The summed E-state index contributed by atoms with van der Waals surface area (Å²) in [5, 5.41) is 0. The molecule has 54 valence electrons. The highest BCUT2D eigenvalue weighted by Crippen LogP contribution is 2.31. The molecule has 4 heteroatoms. The van der Waals surface area contributed by atoms with Crippen LogP contribution in [0.5, 0.6) is 0 Å². The minimum Gasteiger partial charge on any atom is -0.310 e. The molecule has 1 saturated heterocycles. The van der Waals surface area contributed by atoms with Crippen molar-refractivity contribution in [2.75, 3.05) is 13.2 Å². The maximum Gasteiger partial charge on any atom is 0.319 e. The van der Waals surface area contributed by atoms with Crippen molar-refractivity contribution in [3.63, 3.8) is 0 Å². The summed E-state index contributed by atoms with van der Waals surface area (Å²) in [6.07, 6.45) is 1.04. The highest BCUT2D eigenvalue weighted by molar-refractivity contribution is 7.33. The Balaban J connectivity index is 2.26. The fourth-order valence-corrected chi connectivity index (χ4v) is 1.52. The molecule has 3 nitrogen and oxygen atoms in total. The van der Waals surface area contributed by atoms with Crippen LogP contribution in [0.4, 0.5) is 0 Å². The lowest BCUT2D eigenvalue weighted by Gasteiger charge is -2.19. The summed E-state index contributed by atoms with van der Waals surface area (Å²) < 4.78 is 20.1. The van der Waals surface area contributed by atoms with E-state index in [4.69, 9.17) is 9.05 Å². The molecule has 1 rings (SSSR count). The van der Waals surface area contributed by atoms with E-state index in [1.54, 1.807) is 0 Å². The van der Waals surface area contributed by atoms with Crippen LogP contribution >= 0.6 is 8.25 Å². The molecule has 0 aromatic carbocycles. The second-order valence-corrected chi connectivity index (χ2v) is 3.22. The normalized spacial score (nSPS) is 36.6. The van der Waals surface area contributed by atoms with Crippen LogP contribution in [0.25, 0.3) is 0 Å². The minimum absolute atomic E-state index is 0.452. The molecule has 0 bridgehead atoms. The fourth-order valence-electron chi connectivity index (χ4n) is 0.697. The zero-order valence-corrected chi connectivity index (χ0v) is 6.42. The van der Waals surface area contributed by atoms with Gasteiger partial charge in [-0.05, 0) is 6.42 Å². The van der Waals surface area contributed by atoms with Crippen LogP contribution in [0.3, 0.4) is 0 Å². The third-order valence-electron chi connectivity index (χ3n) is 1.45. The van der Waals surface area contributed by atoms with Gasteiger partial charge in [0.15, 0.2) is 0 Å². The Labute approximate surface area is 55.3 Å². The van der Waals surface area contributed by atoms with Gasteiger partial charge in [-0.3, -0.25) is 4.57 Å². The highest BCUT2D eigenvalue weighted by atomic mass is 31.1. The molecule has 0 N–H and O–H groups in total. The third kappa shape index (κ3) is 2.09. The standard InChI is InChI=1S/C5H11O3P/c1-2-5-3-7-9(6)8-4-5/h5,9H,2-4H2,1H3. The molecule has 0 aliphatic carbocycles. The molecule has 1 heterocycles. The Morgan fingerprint density at radius 3 is 2.56 bits per heavy atom. The molecule has 0 radical (unpaired) electrons. The summed E-state index contributed by atoms with van der Waals surface area (Å²) in [5.74, 6) is 0.452. The Morgan fingerprint density at radius 1 is 1.56 bits per heavy atom. The van der Waals surface area contributed by atoms with Gasteiger partial charge in [-0.25, -0.2) is 0 Å². The summed E-state index contributed by atoms with van der Waals surface area (Å²) in [6, 6.07) is 0. The van der Waals surface area contributed by atoms with Gasteiger partial charge in [0.2, 0.25) is 0 Å². The number of rotatable bonds is 1. The monoisotopic (exact) mass is 150 g/mol. The van der Waals surface area contributed by atoms with Gasteiger partial charge in [0, 0.05) is 5.92 Å². The van der Waals surface area contributed by atoms with Crippen LogP contribution in [0.1, 0.15) is 13.3 Å². The van der Waals surface area contributed by atoms with Crippen LogP contribution in [-0.2, 0) is 13.6 Å². The van der Waals surface area contributed by atoms with Crippen LogP contribution in [0.2, 0.25) is 0 Å². The quantitative estimate of drug-likeness (QED) is 0.530.